The van der Waals surface area contributed by atoms with Crippen LogP contribution in [0.2, 0.25) is 10.0 Å². The summed E-state index contributed by atoms with van der Waals surface area (Å²) in [5.74, 6) is 0.648. The Balaban J connectivity index is 1.46. The monoisotopic (exact) mass is 461 g/mol. The number of carbonyl (C=O) groups excluding carboxylic acids is 2. The molecule has 0 saturated heterocycles. The molecule has 2 N–H and O–H groups in total. The van der Waals surface area contributed by atoms with Crippen molar-refractivity contribution < 1.29 is 19.1 Å². The summed E-state index contributed by atoms with van der Waals surface area (Å²) in [6, 6.07) is 9.63. The number of rotatable bonds is 6. The largest absolute Gasteiger partial charge is 0.493 e. The Labute approximate surface area is 187 Å². The Kier molecular flexibility index (Phi) is 5.97. The van der Waals surface area contributed by atoms with Crippen LogP contribution in [0.4, 0.5) is 11.6 Å². The minimum Gasteiger partial charge on any atom is -0.493 e. The van der Waals surface area contributed by atoms with Gasteiger partial charge in [-0.2, -0.15) is 10.1 Å². The van der Waals surface area contributed by atoms with Crippen LogP contribution >= 0.6 is 23.2 Å². The topological polar surface area (TPSA) is 107 Å². The molecule has 3 aromatic rings. The van der Waals surface area contributed by atoms with Crippen molar-refractivity contribution in [3.05, 3.63) is 58.3 Å². The zero-order valence-corrected chi connectivity index (χ0v) is 17.8. The molecule has 0 fully saturated rings. The highest BCUT2D eigenvalue weighted by Crippen LogP contribution is 2.35. The first-order valence-corrected chi connectivity index (χ1v) is 9.94. The van der Waals surface area contributed by atoms with E-state index in [-0.39, 0.29) is 30.9 Å². The standard InChI is InChI=1S/C20H17Cl2N5O4/c1-30-17-4-11(15-8-18(28)26-20-23-10-24-27(15)20)2-3-16(17)31-9-19(29)25-14-6-12(21)5-13(22)7-14/h2-7,10,15H,8-9H2,1H3,(H,25,29)(H,23,24,26,28). The van der Waals surface area contributed by atoms with Gasteiger partial charge in [-0.05, 0) is 35.9 Å². The molecule has 11 heteroatoms. The van der Waals surface area contributed by atoms with Gasteiger partial charge in [0.2, 0.25) is 11.9 Å². The predicted octanol–water partition coefficient (Wildman–Crippen LogP) is 3.54. The smallest absolute Gasteiger partial charge is 0.262 e. The normalized spacial score (nSPS) is 15.1. The number of hydrogen-bond acceptors (Lipinski definition) is 6. The molecule has 0 saturated carbocycles. The highest BCUT2D eigenvalue weighted by Gasteiger charge is 2.28. The molecule has 2 aromatic carbocycles. The van der Waals surface area contributed by atoms with Crippen LogP contribution < -0.4 is 20.1 Å². The van der Waals surface area contributed by atoms with Crippen molar-refractivity contribution in [3.63, 3.8) is 0 Å². The number of nitrogens with one attached hydrogen (secondary N) is 2. The van der Waals surface area contributed by atoms with Crippen molar-refractivity contribution in [1.82, 2.24) is 14.8 Å². The van der Waals surface area contributed by atoms with Gasteiger partial charge in [-0.25, -0.2) is 4.68 Å². The van der Waals surface area contributed by atoms with Crippen LogP contribution in [0.5, 0.6) is 11.5 Å². The highest BCUT2D eigenvalue weighted by molar-refractivity contribution is 6.35. The van der Waals surface area contributed by atoms with Gasteiger partial charge in [0.25, 0.3) is 5.91 Å². The Morgan fingerprint density at radius 1 is 1.23 bits per heavy atom. The first kappa shape index (κ1) is 21.0. The second-order valence-electron chi connectivity index (χ2n) is 6.70. The van der Waals surface area contributed by atoms with Crippen molar-refractivity contribution in [2.24, 2.45) is 0 Å². The third-order valence-electron chi connectivity index (χ3n) is 4.58. The van der Waals surface area contributed by atoms with E-state index in [9.17, 15) is 9.59 Å². The minimum atomic E-state index is -0.388. The molecule has 31 heavy (non-hydrogen) atoms. The summed E-state index contributed by atoms with van der Waals surface area (Å²) >= 11 is 11.9. The molecule has 9 nitrogen and oxygen atoms in total. The maximum Gasteiger partial charge on any atom is 0.262 e. The van der Waals surface area contributed by atoms with Gasteiger partial charge in [0.1, 0.15) is 6.33 Å². The second-order valence-corrected chi connectivity index (χ2v) is 7.57. The maximum atomic E-state index is 12.2. The summed E-state index contributed by atoms with van der Waals surface area (Å²) in [6.07, 6.45) is 1.60. The van der Waals surface area contributed by atoms with Crippen molar-refractivity contribution in [2.75, 3.05) is 24.4 Å². The van der Waals surface area contributed by atoms with Gasteiger partial charge < -0.3 is 14.8 Å². The van der Waals surface area contributed by atoms with Gasteiger partial charge in [0.05, 0.1) is 19.6 Å². The van der Waals surface area contributed by atoms with Crippen LogP contribution in [0.1, 0.15) is 18.0 Å². The van der Waals surface area contributed by atoms with Crippen molar-refractivity contribution in [1.29, 1.82) is 0 Å². The van der Waals surface area contributed by atoms with E-state index >= 15 is 0 Å². The Morgan fingerprint density at radius 3 is 2.74 bits per heavy atom. The molecule has 0 radical (unpaired) electrons. The number of methoxy groups -OCH3 is 1. The van der Waals surface area contributed by atoms with E-state index in [4.69, 9.17) is 32.7 Å². The molecule has 2 heterocycles. The number of ether oxygens (including phenoxy) is 2. The number of benzene rings is 2. The summed E-state index contributed by atoms with van der Waals surface area (Å²) in [6.45, 7) is -0.251. The Hall–Kier alpha value is -3.30. The van der Waals surface area contributed by atoms with Gasteiger partial charge in [0.15, 0.2) is 18.1 Å². The average Bonchev–Trinajstić information content (AvgIpc) is 3.19. The van der Waals surface area contributed by atoms with E-state index in [1.807, 2.05) is 0 Å². The highest BCUT2D eigenvalue weighted by atomic mass is 35.5. The number of anilines is 2. The lowest BCUT2D eigenvalue weighted by molar-refractivity contribution is -0.118. The summed E-state index contributed by atoms with van der Waals surface area (Å²) < 4.78 is 12.7. The molecular weight excluding hydrogens is 445 g/mol. The zero-order valence-electron chi connectivity index (χ0n) is 16.3. The SMILES string of the molecule is COc1cc(C2CC(=O)Nc3ncnn32)ccc1OCC(=O)Nc1cc(Cl)cc(Cl)c1. The molecule has 0 aliphatic carbocycles. The number of halogens is 2. The fraction of sp³-hybridized carbons (Fsp3) is 0.200. The molecule has 4 rings (SSSR count). The maximum absolute atomic E-state index is 12.2. The van der Waals surface area contributed by atoms with Crippen LogP contribution in [-0.4, -0.2) is 40.3 Å². The first-order chi connectivity index (χ1) is 14.9. The van der Waals surface area contributed by atoms with Crippen LogP contribution in [0.15, 0.2) is 42.7 Å². The molecule has 1 aliphatic heterocycles. The molecular formula is C20H17Cl2N5O4. The van der Waals surface area contributed by atoms with E-state index in [1.54, 1.807) is 41.1 Å². The fourth-order valence-corrected chi connectivity index (χ4v) is 3.77. The van der Waals surface area contributed by atoms with E-state index in [0.717, 1.165) is 5.56 Å². The molecule has 0 bridgehead atoms. The van der Waals surface area contributed by atoms with Crippen LogP contribution in [0.25, 0.3) is 0 Å². The second kappa shape index (κ2) is 8.83. The van der Waals surface area contributed by atoms with Gasteiger partial charge in [0, 0.05) is 15.7 Å². The summed E-state index contributed by atoms with van der Waals surface area (Å²) in [5.41, 5.74) is 1.26. The zero-order chi connectivity index (χ0) is 22.0. The lowest BCUT2D eigenvalue weighted by atomic mass is 10.0. The van der Waals surface area contributed by atoms with Gasteiger partial charge in [-0.15, -0.1) is 0 Å². The lowest BCUT2D eigenvalue weighted by Gasteiger charge is -2.24. The molecule has 2 amide bonds. The number of aromatic nitrogens is 3. The number of fused-ring (bicyclic) bond motifs is 1. The van der Waals surface area contributed by atoms with Crippen molar-refractivity contribution in [3.8, 4) is 11.5 Å². The summed E-state index contributed by atoms with van der Waals surface area (Å²) in [4.78, 5) is 28.3. The van der Waals surface area contributed by atoms with Gasteiger partial charge in [-0.3, -0.25) is 14.9 Å². The fourth-order valence-electron chi connectivity index (χ4n) is 3.24. The molecule has 1 atom stereocenters. The Morgan fingerprint density at radius 2 is 2.00 bits per heavy atom. The van der Waals surface area contributed by atoms with E-state index in [1.165, 1.54) is 13.4 Å². The predicted molar refractivity (Wildman–Crippen MR) is 115 cm³/mol. The Bertz CT molecular complexity index is 1130. The van der Waals surface area contributed by atoms with Crippen LogP contribution in [-0.2, 0) is 9.59 Å². The van der Waals surface area contributed by atoms with Crippen molar-refractivity contribution >= 4 is 46.7 Å². The number of amides is 2. The number of hydrogen-bond donors (Lipinski definition) is 2. The van der Waals surface area contributed by atoms with E-state index < -0.39 is 0 Å². The lowest BCUT2D eigenvalue weighted by Crippen LogP contribution is -2.29. The number of nitrogens with zero attached hydrogens (tertiary/aromatic N) is 3. The quantitative estimate of drug-likeness (QED) is 0.581. The molecule has 0 spiro atoms. The molecule has 1 aromatic heterocycles. The van der Waals surface area contributed by atoms with Crippen molar-refractivity contribution in [2.45, 2.75) is 12.5 Å². The molecule has 1 aliphatic rings. The van der Waals surface area contributed by atoms with Gasteiger partial charge >= 0.3 is 0 Å². The molecule has 160 valence electrons. The average molecular weight is 462 g/mol. The van der Waals surface area contributed by atoms with E-state index in [2.05, 4.69) is 20.7 Å². The van der Waals surface area contributed by atoms with Crippen LogP contribution in [0.3, 0.4) is 0 Å². The van der Waals surface area contributed by atoms with E-state index in [0.29, 0.717) is 33.2 Å². The molecule has 1 unspecified atom stereocenters. The third kappa shape index (κ3) is 4.73. The van der Waals surface area contributed by atoms with Gasteiger partial charge in [-0.1, -0.05) is 29.3 Å². The number of carbonyl (C=O) groups is 2. The third-order valence-corrected chi connectivity index (χ3v) is 5.01. The summed E-state index contributed by atoms with van der Waals surface area (Å²) in [5, 5.41) is 10.3. The first-order valence-electron chi connectivity index (χ1n) is 9.19. The van der Waals surface area contributed by atoms with Crippen LogP contribution in [0, 0.1) is 0 Å². The minimum absolute atomic E-state index is 0.150. The summed E-state index contributed by atoms with van der Waals surface area (Å²) in [7, 11) is 1.49.